The minimum absolute atomic E-state index is 0.318. The van der Waals surface area contributed by atoms with Crippen LogP contribution in [0.5, 0.6) is 0 Å². The number of amides is 3. The predicted molar refractivity (Wildman–Crippen MR) is 111 cm³/mol. The molecule has 6 heteroatoms. The van der Waals surface area contributed by atoms with Crippen molar-refractivity contribution in [2.45, 2.75) is 31.7 Å². The van der Waals surface area contributed by atoms with Crippen molar-refractivity contribution in [3.63, 3.8) is 0 Å². The summed E-state index contributed by atoms with van der Waals surface area (Å²) in [5, 5.41) is 2.93. The molecule has 1 N–H and O–H groups in total. The summed E-state index contributed by atoms with van der Waals surface area (Å²) in [6.07, 6.45) is 5.60. The van der Waals surface area contributed by atoms with Crippen LogP contribution in [0.15, 0.2) is 42.5 Å². The maximum absolute atomic E-state index is 13.1. The van der Waals surface area contributed by atoms with Crippen molar-refractivity contribution in [1.29, 1.82) is 0 Å². The largest absolute Gasteiger partial charge is 0.324 e. The molecule has 0 saturated heterocycles. The molecule has 1 atom stereocenters. The summed E-state index contributed by atoms with van der Waals surface area (Å²) in [7, 11) is 0. The van der Waals surface area contributed by atoms with Gasteiger partial charge in [0.1, 0.15) is 6.04 Å². The molecular formula is C22H22N2O3S. The Balaban J connectivity index is 1.59. The van der Waals surface area contributed by atoms with Crippen LogP contribution in [0.1, 0.15) is 44.7 Å². The van der Waals surface area contributed by atoms with Gasteiger partial charge in [0, 0.05) is 5.69 Å². The van der Waals surface area contributed by atoms with E-state index in [1.54, 1.807) is 36.0 Å². The first kappa shape index (κ1) is 18.7. The molecule has 0 aromatic heterocycles. The molecule has 2 aromatic rings. The van der Waals surface area contributed by atoms with Gasteiger partial charge < -0.3 is 5.32 Å². The number of nitrogens with one attached hydrogen (secondary N) is 1. The highest BCUT2D eigenvalue weighted by molar-refractivity contribution is 7.98. The van der Waals surface area contributed by atoms with Gasteiger partial charge in [0.25, 0.3) is 11.8 Å². The standard InChI is InChI=1S/C22H22N2O3S/c1-28-12-11-19(24-21(26)17-7-2-3-8-18(17)22(24)27)20(25)23-16-10-9-14-5-4-6-15(14)13-16/h2-3,7-10,13,19H,4-6,11-12H2,1H3,(H,23,25)/t19-/m1/s1. The lowest BCUT2D eigenvalue weighted by Gasteiger charge is -2.25. The molecule has 28 heavy (non-hydrogen) atoms. The summed E-state index contributed by atoms with van der Waals surface area (Å²) in [5.41, 5.74) is 4.05. The van der Waals surface area contributed by atoms with Crippen molar-refractivity contribution in [3.05, 3.63) is 64.7 Å². The van der Waals surface area contributed by atoms with E-state index < -0.39 is 17.9 Å². The van der Waals surface area contributed by atoms with Gasteiger partial charge in [-0.2, -0.15) is 11.8 Å². The molecule has 0 radical (unpaired) electrons. The summed E-state index contributed by atoms with van der Waals surface area (Å²) in [5.74, 6) is -0.427. The van der Waals surface area contributed by atoms with Crippen molar-refractivity contribution in [2.75, 3.05) is 17.3 Å². The minimum Gasteiger partial charge on any atom is -0.324 e. The summed E-state index contributed by atoms with van der Waals surface area (Å²) in [6.45, 7) is 0. The SMILES string of the molecule is CSCC[C@H](C(=O)Nc1ccc2c(c1)CCC2)N1C(=O)c2ccccc2C1=O. The molecule has 0 unspecified atom stereocenters. The van der Waals surface area contributed by atoms with Crippen LogP contribution >= 0.6 is 11.8 Å². The third-order valence-corrected chi connectivity index (χ3v) is 6.05. The summed E-state index contributed by atoms with van der Waals surface area (Å²) in [4.78, 5) is 39.9. The zero-order valence-corrected chi connectivity index (χ0v) is 16.6. The first-order chi connectivity index (χ1) is 13.6. The number of anilines is 1. The lowest BCUT2D eigenvalue weighted by Crippen LogP contribution is -2.47. The molecule has 0 saturated carbocycles. The number of rotatable bonds is 6. The topological polar surface area (TPSA) is 66.5 Å². The number of hydrogen-bond donors (Lipinski definition) is 1. The molecule has 3 amide bonds. The number of nitrogens with zero attached hydrogens (tertiary/aromatic N) is 1. The maximum Gasteiger partial charge on any atom is 0.262 e. The molecule has 1 aliphatic heterocycles. The van der Waals surface area contributed by atoms with Crippen LogP contribution in [0, 0.1) is 0 Å². The van der Waals surface area contributed by atoms with Gasteiger partial charge in [-0.15, -0.1) is 0 Å². The molecular weight excluding hydrogens is 372 g/mol. The normalized spacial score (nSPS) is 16.1. The zero-order valence-electron chi connectivity index (χ0n) is 15.7. The van der Waals surface area contributed by atoms with E-state index in [-0.39, 0.29) is 5.91 Å². The van der Waals surface area contributed by atoms with E-state index in [9.17, 15) is 14.4 Å². The highest BCUT2D eigenvalue weighted by Crippen LogP contribution is 2.28. The fourth-order valence-electron chi connectivity index (χ4n) is 3.97. The van der Waals surface area contributed by atoms with Gasteiger partial charge in [0.15, 0.2) is 0 Å². The Bertz CT molecular complexity index is 922. The number of thioether (sulfide) groups is 1. The smallest absolute Gasteiger partial charge is 0.262 e. The number of hydrogen-bond acceptors (Lipinski definition) is 4. The second-order valence-electron chi connectivity index (χ2n) is 7.15. The second kappa shape index (κ2) is 7.80. The van der Waals surface area contributed by atoms with Crippen molar-refractivity contribution in [1.82, 2.24) is 4.90 Å². The van der Waals surface area contributed by atoms with Crippen LogP contribution in [0.4, 0.5) is 5.69 Å². The lowest BCUT2D eigenvalue weighted by molar-refractivity contribution is -0.120. The van der Waals surface area contributed by atoms with E-state index in [2.05, 4.69) is 11.4 Å². The van der Waals surface area contributed by atoms with Crippen LogP contribution < -0.4 is 5.32 Å². The van der Waals surface area contributed by atoms with E-state index in [1.165, 1.54) is 11.1 Å². The molecule has 0 bridgehead atoms. The molecule has 1 aliphatic carbocycles. The fourth-order valence-corrected chi connectivity index (χ4v) is 4.43. The number of imide groups is 1. The predicted octanol–water partition coefficient (Wildman–Crippen LogP) is 3.53. The molecule has 4 rings (SSSR count). The summed E-state index contributed by atoms with van der Waals surface area (Å²) < 4.78 is 0. The molecule has 0 spiro atoms. The number of fused-ring (bicyclic) bond motifs is 2. The van der Waals surface area contributed by atoms with E-state index in [0.29, 0.717) is 23.3 Å². The minimum atomic E-state index is -0.826. The third kappa shape index (κ3) is 3.33. The van der Waals surface area contributed by atoms with Gasteiger partial charge in [-0.1, -0.05) is 18.2 Å². The van der Waals surface area contributed by atoms with Gasteiger partial charge in [0.05, 0.1) is 11.1 Å². The Labute approximate surface area is 168 Å². The Morgan fingerprint density at radius 2 is 1.75 bits per heavy atom. The number of aryl methyl sites for hydroxylation is 2. The van der Waals surface area contributed by atoms with Gasteiger partial charge >= 0.3 is 0 Å². The second-order valence-corrected chi connectivity index (χ2v) is 8.14. The molecule has 144 valence electrons. The zero-order chi connectivity index (χ0) is 19.7. The highest BCUT2D eigenvalue weighted by atomic mass is 32.2. The quantitative estimate of drug-likeness (QED) is 0.761. The van der Waals surface area contributed by atoms with E-state index in [0.717, 1.165) is 29.8 Å². The third-order valence-electron chi connectivity index (χ3n) is 5.40. The summed E-state index contributed by atoms with van der Waals surface area (Å²) in [6, 6.07) is 11.9. The van der Waals surface area contributed by atoms with Crippen LogP contribution in [-0.2, 0) is 17.6 Å². The van der Waals surface area contributed by atoms with Gasteiger partial charge in [-0.3, -0.25) is 19.3 Å². The van der Waals surface area contributed by atoms with Crippen molar-refractivity contribution in [3.8, 4) is 0 Å². The Morgan fingerprint density at radius 1 is 1.07 bits per heavy atom. The number of carbonyl (C=O) groups excluding carboxylic acids is 3. The van der Waals surface area contributed by atoms with Crippen molar-refractivity contribution < 1.29 is 14.4 Å². The highest BCUT2D eigenvalue weighted by Gasteiger charge is 2.42. The first-order valence-electron chi connectivity index (χ1n) is 9.48. The van der Waals surface area contributed by atoms with E-state index in [1.807, 2.05) is 18.4 Å². The molecule has 1 heterocycles. The van der Waals surface area contributed by atoms with Crippen LogP contribution in [0.25, 0.3) is 0 Å². The van der Waals surface area contributed by atoms with Gasteiger partial charge in [-0.05, 0) is 73.1 Å². The maximum atomic E-state index is 13.1. The van der Waals surface area contributed by atoms with Crippen LogP contribution in [-0.4, -0.2) is 40.7 Å². The first-order valence-corrected chi connectivity index (χ1v) is 10.9. The Kier molecular flexibility index (Phi) is 5.22. The lowest BCUT2D eigenvalue weighted by atomic mass is 10.1. The van der Waals surface area contributed by atoms with Crippen LogP contribution in [0.3, 0.4) is 0 Å². The Hall–Kier alpha value is -2.60. The average molecular weight is 394 g/mol. The van der Waals surface area contributed by atoms with Crippen molar-refractivity contribution >= 4 is 35.2 Å². The van der Waals surface area contributed by atoms with E-state index >= 15 is 0 Å². The molecule has 2 aromatic carbocycles. The Morgan fingerprint density at radius 3 is 2.43 bits per heavy atom. The van der Waals surface area contributed by atoms with Crippen LogP contribution in [0.2, 0.25) is 0 Å². The summed E-state index contributed by atoms with van der Waals surface area (Å²) >= 11 is 1.59. The van der Waals surface area contributed by atoms with Gasteiger partial charge in [-0.25, -0.2) is 0 Å². The fraction of sp³-hybridized carbons (Fsp3) is 0.318. The number of benzene rings is 2. The van der Waals surface area contributed by atoms with E-state index in [4.69, 9.17) is 0 Å². The molecule has 0 fully saturated rings. The molecule has 2 aliphatic rings. The van der Waals surface area contributed by atoms with Crippen molar-refractivity contribution in [2.24, 2.45) is 0 Å². The average Bonchev–Trinajstić information content (AvgIpc) is 3.26. The monoisotopic (exact) mass is 394 g/mol. The number of carbonyl (C=O) groups is 3. The molecule has 5 nitrogen and oxygen atoms in total. The van der Waals surface area contributed by atoms with Gasteiger partial charge in [0.2, 0.25) is 5.91 Å².